The lowest BCUT2D eigenvalue weighted by molar-refractivity contribution is -0.132. The Morgan fingerprint density at radius 2 is 2.07 bits per heavy atom. The molecule has 0 aliphatic carbocycles. The van der Waals surface area contributed by atoms with Crippen molar-refractivity contribution in [2.75, 3.05) is 6.54 Å². The monoisotopic (exact) mass is 212 g/mol. The number of rotatable bonds is 7. The molecule has 1 amide bonds. The third-order valence-electron chi connectivity index (χ3n) is 2.32. The number of carbonyl (C=O) groups excluding carboxylic acids is 1. The van der Waals surface area contributed by atoms with E-state index in [4.69, 9.17) is 5.73 Å². The normalized spacial score (nSPS) is 12.6. The minimum absolute atomic E-state index is 0.185. The van der Waals surface area contributed by atoms with Gasteiger partial charge in [-0.15, -0.1) is 6.58 Å². The van der Waals surface area contributed by atoms with Crippen LogP contribution in [0.5, 0.6) is 0 Å². The molecule has 0 aromatic carbocycles. The van der Waals surface area contributed by atoms with Crippen molar-refractivity contribution in [1.29, 1.82) is 0 Å². The first-order valence-corrected chi connectivity index (χ1v) is 5.65. The lowest BCUT2D eigenvalue weighted by Gasteiger charge is -2.25. The van der Waals surface area contributed by atoms with Crippen LogP contribution in [-0.2, 0) is 4.79 Å². The standard InChI is InChI=1S/C12H24N2O/c1-5-9-14(10(2)3)12(15)8-6-7-11(4)13/h5,10-11H,1,6-9,13H2,2-4H3. The summed E-state index contributed by atoms with van der Waals surface area (Å²) in [5.41, 5.74) is 5.63. The van der Waals surface area contributed by atoms with Crippen LogP contribution in [0.15, 0.2) is 12.7 Å². The second kappa shape index (κ2) is 7.46. The van der Waals surface area contributed by atoms with E-state index in [1.807, 2.05) is 25.7 Å². The van der Waals surface area contributed by atoms with Crippen molar-refractivity contribution in [3.05, 3.63) is 12.7 Å². The van der Waals surface area contributed by atoms with Gasteiger partial charge in [0.25, 0.3) is 0 Å². The SMILES string of the molecule is C=CCN(C(=O)CCCC(C)N)C(C)C. The fourth-order valence-corrected chi connectivity index (χ4v) is 1.46. The van der Waals surface area contributed by atoms with Crippen molar-refractivity contribution in [2.45, 2.75) is 52.1 Å². The number of hydrogen-bond acceptors (Lipinski definition) is 2. The lowest BCUT2D eigenvalue weighted by Crippen LogP contribution is -2.37. The number of nitrogens with zero attached hydrogens (tertiary/aromatic N) is 1. The third-order valence-corrected chi connectivity index (χ3v) is 2.32. The van der Waals surface area contributed by atoms with Crippen molar-refractivity contribution in [1.82, 2.24) is 4.90 Å². The van der Waals surface area contributed by atoms with Crippen molar-refractivity contribution in [2.24, 2.45) is 5.73 Å². The zero-order valence-corrected chi connectivity index (χ0v) is 10.2. The zero-order valence-electron chi connectivity index (χ0n) is 10.2. The van der Waals surface area contributed by atoms with Crippen LogP contribution < -0.4 is 5.73 Å². The molecule has 0 aliphatic rings. The minimum Gasteiger partial charge on any atom is -0.337 e. The molecule has 3 nitrogen and oxygen atoms in total. The van der Waals surface area contributed by atoms with E-state index in [2.05, 4.69) is 6.58 Å². The van der Waals surface area contributed by atoms with E-state index in [9.17, 15) is 4.79 Å². The van der Waals surface area contributed by atoms with E-state index >= 15 is 0 Å². The largest absolute Gasteiger partial charge is 0.337 e. The van der Waals surface area contributed by atoms with Crippen molar-refractivity contribution in [3.8, 4) is 0 Å². The van der Waals surface area contributed by atoms with Gasteiger partial charge in [-0.1, -0.05) is 6.08 Å². The van der Waals surface area contributed by atoms with Crippen LogP contribution >= 0.6 is 0 Å². The van der Waals surface area contributed by atoms with E-state index in [0.29, 0.717) is 13.0 Å². The molecule has 0 saturated carbocycles. The molecule has 0 bridgehead atoms. The topological polar surface area (TPSA) is 46.3 Å². The van der Waals surface area contributed by atoms with Gasteiger partial charge in [-0.25, -0.2) is 0 Å². The number of nitrogens with two attached hydrogens (primary N) is 1. The molecule has 0 rings (SSSR count). The van der Waals surface area contributed by atoms with Crippen molar-refractivity contribution < 1.29 is 4.79 Å². The van der Waals surface area contributed by atoms with Crippen LogP contribution in [0.3, 0.4) is 0 Å². The number of amides is 1. The quantitative estimate of drug-likeness (QED) is 0.655. The maximum atomic E-state index is 11.8. The van der Waals surface area contributed by atoms with Gasteiger partial charge in [0.2, 0.25) is 5.91 Å². The molecule has 2 N–H and O–H groups in total. The van der Waals surface area contributed by atoms with Gasteiger partial charge in [-0.2, -0.15) is 0 Å². The Morgan fingerprint density at radius 3 is 2.47 bits per heavy atom. The van der Waals surface area contributed by atoms with E-state index in [0.717, 1.165) is 12.8 Å². The van der Waals surface area contributed by atoms with Gasteiger partial charge < -0.3 is 10.6 Å². The van der Waals surface area contributed by atoms with Crippen molar-refractivity contribution >= 4 is 5.91 Å². The first-order valence-electron chi connectivity index (χ1n) is 5.65. The highest BCUT2D eigenvalue weighted by Gasteiger charge is 2.14. The van der Waals surface area contributed by atoms with Crippen molar-refractivity contribution in [3.63, 3.8) is 0 Å². The predicted molar refractivity (Wildman–Crippen MR) is 64.5 cm³/mol. The maximum Gasteiger partial charge on any atom is 0.223 e. The summed E-state index contributed by atoms with van der Waals surface area (Å²) in [4.78, 5) is 13.6. The zero-order chi connectivity index (χ0) is 11.8. The molecule has 0 aromatic heterocycles. The van der Waals surface area contributed by atoms with Crippen LogP contribution in [0, 0.1) is 0 Å². The molecule has 0 fully saturated rings. The second-order valence-corrected chi connectivity index (χ2v) is 4.30. The highest BCUT2D eigenvalue weighted by molar-refractivity contribution is 5.76. The van der Waals surface area contributed by atoms with E-state index < -0.39 is 0 Å². The first kappa shape index (κ1) is 14.2. The maximum absolute atomic E-state index is 11.8. The highest BCUT2D eigenvalue weighted by Crippen LogP contribution is 2.06. The lowest BCUT2D eigenvalue weighted by atomic mass is 10.1. The summed E-state index contributed by atoms with van der Waals surface area (Å²) in [5, 5.41) is 0. The molecule has 88 valence electrons. The number of hydrogen-bond donors (Lipinski definition) is 1. The molecule has 3 heteroatoms. The molecule has 15 heavy (non-hydrogen) atoms. The molecule has 0 aromatic rings. The van der Waals surface area contributed by atoms with Crippen LogP contribution in [0.4, 0.5) is 0 Å². The van der Waals surface area contributed by atoms with Crippen LogP contribution in [0.2, 0.25) is 0 Å². The van der Waals surface area contributed by atoms with Gasteiger partial charge in [0, 0.05) is 25.0 Å². The molecule has 0 heterocycles. The summed E-state index contributed by atoms with van der Waals surface area (Å²) in [6.07, 6.45) is 4.14. The summed E-state index contributed by atoms with van der Waals surface area (Å²) in [7, 11) is 0. The Hall–Kier alpha value is -0.830. The second-order valence-electron chi connectivity index (χ2n) is 4.30. The molecular weight excluding hydrogens is 188 g/mol. The van der Waals surface area contributed by atoms with Gasteiger partial charge in [0.05, 0.1) is 0 Å². The molecule has 0 spiro atoms. The molecule has 0 aliphatic heterocycles. The molecule has 0 saturated heterocycles. The summed E-state index contributed by atoms with van der Waals surface area (Å²) in [5.74, 6) is 0.200. The Balaban J connectivity index is 3.97. The smallest absolute Gasteiger partial charge is 0.223 e. The third kappa shape index (κ3) is 6.28. The number of carbonyl (C=O) groups is 1. The molecule has 1 unspecified atom stereocenters. The van der Waals surface area contributed by atoms with E-state index in [-0.39, 0.29) is 18.0 Å². The average molecular weight is 212 g/mol. The van der Waals surface area contributed by atoms with Gasteiger partial charge >= 0.3 is 0 Å². The fraction of sp³-hybridized carbons (Fsp3) is 0.750. The fourth-order valence-electron chi connectivity index (χ4n) is 1.46. The molecule has 1 atom stereocenters. The predicted octanol–water partition coefficient (Wildman–Crippen LogP) is 1.93. The van der Waals surface area contributed by atoms with Gasteiger partial charge in [-0.05, 0) is 33.6 Å². The average Bonchev–Trinajstić information content (AvgIpc) is 2.12. The van der Waals surface area contributed by atoms with E-state index in [1.165, 1.54) is 0 Å². The summed E-state index contributed by atoms with van der Waals surface area (Å²) >= 11 is 0. The van der Waals surface area contributed by atoms with Crippen LogP contribution in [-0.4, -0.2) is 29.4 Å². The van der Waals surface area contributed by atoms with Crippen LogP contribution in [0.25, 0.3) is 0 Å². The van der Waals surface area contributed by atoms with Crippen LogP contribution in [0.1, 0.15) is 40.0 Å². The molecular formula is C12H24N2O. The summed E-state index contributed by atoms with van der Waals surface area (Å²) < 4.78 is 0. The minimum atomic E-state index is 0.185. The molecule has 0 radical (unpaired) electrons. The first-order chi connectivity index (χ1) is 6.99. The van der Waals surface area contributed by atoms with Gasteiger partial charge in [-0.3, -0.25) is 4.79 Å². The summed E-state index contributed by atoms with van der Waals surface area (Å²) in [6.45, 7) is 10.3. The van der Waals surface area contributed by atoms with Gasteiger partial charge in [0.15, 0.2) is 0 Å². The Bertz CT molecular complexity index is 200. The van der Waals surface area contributed by atoms with E-state index in [1.54, 1.807) is 6.08 Å². The highest BCUT2D eigenvalue weighted by atomic mass is 16.2. The van der Waals surface area contributed by atoms with Gasteiger partial charge in [0.1, 0.15) is 0 Å². The Kier molecular flexibility index (Phi) is 7.05. The Morgan fingerprint density at radius 1 is 1.47 bits per heavy atom. The Labute approximate surface area is 93.3 Å². The summed E-state index contributed by atoms with van der Waals surface area (Å²) in [6, 6.07) is 0.426.